The van der Waals surface area contributed by atoms with Crippen LogP contribution in [0, 0.1) is 0 Å². The molecule has 1 amide bonds. The van der Waals surface area contributed by atoms with E-state index in [2.05, 4.69) is 9.97 Å². The van der Waals surface area contributed by atoms with E-state index < -0.39 is 12.6 Å². The van der Waals surface area contributed by atoms with Crippen LogP contribution in [-0.2, 0) is 9.53 Å². The van der Waals surface area contributed by atoms with Gasteiger partial charge in [-0.1, -0.05) is 29.8 Å². The number of amides is 1. The summed E-state index contributed by atoms with van der Waals surface area (Å²) in [5.41, 5.74) is 0.709. The van der Waals surface area contributed by atoms with Crippen LogP contribution in [0.15, 0.2) is 67.0 Å². The molecule has 1 aliphatic heterocycles. The topological polar surface area (TPSA) is 92.7 Å². The highest BCUT2D eigenvalue weighted by atomic mass is 35.5. The monoisotopic (exact) mass is 464 g/mol. The fourth-order valence-electron chi connectivity index (χ4n) is 3.52. The van der Waals surface area contributed by atoms with Crippen molar-refractivity contribution in [1.29, 1.82) is 0 Å². The SMILES string of the molecule is O=C(OCC(=O)N1CCN(c2ncccn2)CC1)c1ccccc1C(=O)c1ccc(Cl)cc1. The van der Waals surface area contributed by atoms with E-state index in [4.69, 9.17) is 16.3 Å². The fourth-order valence-corrected chi connectivity index (χ4v) is 3.65. The fraction of sp³-hybridized carbons (Fsp3) is 0.208. The molecular formula is C24H21ClN4O4. The van der Waals surface area contributed by atoms with Crippen LogP contribution in [0.2, 0.25) is 5.02 Å². The van der Waals surface area contributed by atoms with E-state index in [-0.39, 0.29) is 22.8 Å². The molecule has 0 saturated carbocycles. The Hall–Kier alpha value is -3.78. The van der Waals surface area contributed by atoms with Crippen molar-refractivity contribution in [2.75, 3.05) is 37.7 Å². The van der Waals surface area contributed by atoms with E-state index in [1.807, 2.05) is 4.90 Å². The van der Waals surface area contributed by atoms with E-state index in [1.54, 1.807) is 65.8 Å². The summed E-state index contributed by atoms with van der Waals surface area (Å²) in [6, 6.07) is 14.5. The lowest BCUT2D eigenvalue weighted by Gasteiger charge is -2.34. The number of carbonyl (C=O) groups is 3. The Morgan fingerprint density at radius 1 is 0.848 bits per heavy atom. The first kappa shape index (κ1) is 22.4. The second kappa shape index (κ2) is 10.2. The third kappa shape index (κ3) is 5.35. The summed E-state index contributed by atoms with van der Waals surface area (Å²) >= 11 is 5.89. The number of esters is 1. The highest BCUT2D eigenvalue weighted by molar-refractivity contribution is 6.30. The molecule has 4 rings (SSSR count). The van der Waals surface area contributed by atoms with Crippen LogP contribution in [0.3, 0.4) is 0 Å². The largest absolute Gasteiger partial charge is 0.452 e. The number of aromatic nitrogens is 2. The van der Waals surface area contributed by atoms with Gasteiger partial charge >= 0.3 is 5.97 Å². The zero-order valence-corrected chi connectivity index (χ0v) is 18.4. The number of piperazine rings is 1. The molecule has 33 heavy (non-hydrogen) atoms. The average molecular weight is 465 g/mol. The van der Waals surface area contributed by atoms with Crippen LogP contribution in [0.4, 0.5) is 5.95 Å². The molecule has 0 aliphatic carbocycles. The van der Waals surface area contributed by atoms with Crippen molar-refractivity contribution >= 4 is 35.2 Å². The zero-order chi connectivity index (χ0) is 23.2. The van der Waals surface area contributed by atoms with Crippen LogP contribution < -0.4 is 4.90 Å². The van der Waals surface area contributed by atoms with E-state index in [0.717, 1.165) is 0 Å². The van der Waals surface area contributed by atoms with Crippen LogP contribution in [0.25, 0.3) is 0 Å². The van der Waals surface area contributed by atoms with Gasteiger partial charge in [0.2, 0.25) is 5.95 Å². The van der Waals surface area contributed by atoms with Crippen molar-refractivity contribution in [2.45, 2.75) is 0 Å². The summed E-state index contributed by atoms with van der Waals surface area (Å²) in [5.74, 6) is -0.723. The number of anilines is 1. The molecule has 0 N–H and O–H groups in total. The number of halogens is 1. The Morgan fingerprint density at radius 3 is 2.15 bits per heavy atom. The van der Waals surface area contributed by atoms with Gasteiger partial charge in [0.1, 0.15) is 0 Å². The molecule has 2 aromatic carbocycles. The number of hydrogen-bond donors (Lipinski definition) is 0. The van der Waals surface area contributed by atoms with Crippen molar-refractivity contribution in [2.24, 2.45) is 0 Å². The lowest BCUT2D eigenvalue weighted by Crippen LogP contribution is -2.50. The Balaban J connectivity index is 1.35. The third-order valence-electron chi connectivity index (χ3n) is 5.29. The lowest BCUT2D eigenvalue weighted by atomic mass is 9.98. The lowest BCUT2D eigenvalue weighted by molar-refractivity contribution is -0.134. The molecule has 3 aromatic rings. The molecule has 2 heterocycles. The number of carbonyl (C=O) groups excluding carboxylic acids is 3. The minimum Gasteiger partial charge on any atom is -0.452 e. The second-order valence-electron chi connectivity index (χ2n) is 7.37. The van der Waals surface area contributed by atoms with Crippen LogP contribution in [0.5, 0.6) is 0 Å². The zero-order valence-electron chi connectivity index (χ0n) is 17.7. The molecule has 0 radical (unpaired) electrons. The maximum atomic E-state index is 12.9. The predicted molar refractivity (Wildman–Crippen MR) is 122 cm³/mol. The number of rotatable bonds is 6. The van der Waals surface area contributed by atoms with Crippen molar-refractivity contribution < 1.29 is 19.1 Å². The van der Waals surface area contributed by atoms with E-state index in [1.165, 1.54) is 6.07 Å². The summed E-state index contributed by atoms with van der Waals surface area (Å²) in [6.07, 6.45) is 3.35. The van der Waals surface area contributed by atoms with Gasteiger partial charge in [-0.25, -0.2) is 14.8 Å². The Kier molecular flexibility index (Phi) is 6.95. The number of hydrogen-bond acceptors (Lipinski definition) is 7. The van der Waals surface area contributed by atoms with Crippen LogP contribution >= 0.6 is 11.6 Å². The van der Waals surface area contributed by atoms with Crippen LogP contribution in [0.1, 0.15) is 26.3 Å². The second-order valence-corrected chi connectivity index (χ2v) is 7.81. The molecule has 0 spiro atoms. The molecule has 0 atom stereocenters. The molecule has 0 bridgehead atoms. The van der Waals surface area contributed by atoms with Gasteiger partial charge in [0.05, 0.1) is 5.56 Å². The standard InChI is InChI=1S/C24H21ClN4O4/c25-18-8-6-17(7-9-18)22(31)19-4-1-2-5-20(19)23(32)33-16-21(30)28-12-14-29(15-13-28)24-26-10-3-11-27-24/h1-11H,12-16H2. The molecular weight excluding hydrogens is 444 g/mol. The average Bonchev–Trinajstić information content (AvgIpc) is 2.87. The number of benzene rings is 2. The highest BCUT2D eigenvalue weighted by Crippen LogP contribution is 2.18. The number of ketones is 1. The Morgan fingerprint density at radius 2 is 1.48 bits per heavy atom. The molecule has 1 aliphatic rings. The molecule has 1 aromatic heterocycles. The predicted octanol–water partition coefficient (Wildman–Crippen LogP) is 2.87. The maximum Gasteiger partial charge on any atom is 0.339 e. The summed E-state index contributed by atoms with van der Waals surface area (Å²) in [4.78, 5) is 50.2. The van der Waals surface area contributed by atoms with Crippen molar-refractivity contribution in [1.82, 2.24) is 14.9 Å². The van der Waals surface area contributed by atoms with Crippen molar-refractivity contribution in [3.05, 3.63) is 88.7 Å². The van der Waals surface area contributed by atoms with Crippen molar-refractivity contribution in [3.8, 4) is 0 Å². The molecule has 8 nitrogen and oxygen atoms in total. The molecule has 1 fully saturated rings. The molecule has 0 unspecified atom stereocenters. The number of nitrogens with zero attached hydrogens (tertiary/aromatic N) is 4. The van der Waals surface area contributed by atoms with Gasteiger partial charge in [-0.3, -0.25) is 9.59 Å². The Labute approximate surface area is 195 Å². The minimum absolute atomic E-state index is 0.108. The third-order valence-corrected chi connectivity index (χ3v) is 5.54. The maximum absolute atomic E-state index is 12.9. The first-order chi connectivity index (χ1) is 16.0. The Bertz CT molecular complexity index is 1150. The highest BCUT2D eigenvalue weighted by Gasteiger charge is 2.24. The van der Waals surface area contributed by atoms with Gasteiger partial charge in [0, 0.05) is 54.7 Å². The van der Waals surface area contributed by atoms with Gasteiger partial charge in [-0.2, -0.15) is 0 Å². The number of ether oxygens (including phenoxy) is 1. The molecule has 1 saturated heterocycles. The minimum atomic E-state index is -0.724. The van der Waals surface area contributed by atoms with E-state index in [9.17, 15) is 14.4 Å². The quantitative estimate of drug-likeness (QED) is 0.409. The first-order valence-electron chi connectivity index (χ1n) is 10.4. The van der Waals surface area contributed by atoms with Crippen LogP contribution in [-0.4, -0.2) is 65.3 Å². The summed E-state index contributed by atoms with van der Waals surface area (Å²) in [5, 5.41) is 0.509. The van der Waals surface area contributed by atoms with Gasteiger partial charge < -0.3 is 14.5 Å². The van der Waals surface area contributed by atoms with E-state index >= 15 is 0 Å². The normalized spacial score (nSPS) is 13.5. The van der Waals surface area contributed by atoms with Gasteiger partial charge in [-0.05, 0) is 36.4 Å². The first-order valence-corrected chi connectivity index (χ1v) is 10.8. The van der Waals surface area contributed by atoms with Gasteiger partial charge in [0.25, 0.3) is 5.91 Å². The van der Waals surface area contributed by atoms with Gasteiger partial charge in [-0.15, -0.1) is 0 Å². The molecule has 168 valence electrons. The smallest absolute Gasteiger partial charge is 0.339 e. The summed E-state index contributed by atoms with van der Waals surface area (Å²) in [6.45, 7) is 1.72. The summed E-state index contributed by atoms with van der Waals surface area (Å²) in [7, 11) is 0. The van der Waals surface area contributed by atoms with Gasteiger partial charge in [0.15, 0.2) is 12.4 Å². The summed E-state index contributed by atoms with van der Waals surface area (Å²) < 4.78 is 5.26. The van der Waals surface area contributed by atoms with E-state index in [0.29, 0.717) is 42.7 Å². The van der Waals surface area contributed by atoms with Crippen molar-refractivity contribution in [3.63, 3.8) is 0 Å². The molecule has 9 heteroatoms.